The Kier molecular flexibility index (Phi) is 5.25. The molecule has 0 aromatic heterocycles. The summed E-state index contributed by atoms with van der Waals surface area (Å²) in [7, 11) is 0. The van der Waals surface area contributed by atoms with Crippen LogP contribution in [0.25, 0.3) is 0 Å². The van der Waals surface area contributed by atoms with Crippen LogP contribution in [0.5, 0.6) is 0 Å². The lowest BCUT2D eigenvalue weighted by atomic mass is 10.1. The van der Waals surface area contributed by atoms with Crippen molar-refractivity contribution in [2.75, 3.05) is 19.8 Å². The van der Waals surface area contributed by atoms with E-state index < -0.39 is 0 Å². The molecule has 0 atom stereocenters. The molecule has 0 fully saturated rings. The number of aliphatic hydroxyl groups is 2. The van der Waals surface area contributed by atoms with E-state index in [0.717, 1.165) is 0 Å². The Balaban J connectivity index is 2.34. The van der Waals surface area contributed by atoms with Gasteiger partial charge in [0.15, 0.2) is 0 Å². The van der Waals surface area contributed by atoms with E-state index in [-0.39, 0.29) is 25.1 Å². The van der Waals surface area contributed by atoms with Crippen molar-refractivity contribution >= 4 is 0 Å². The zero-order valence-electron chi connectivity index (χ0n) is 8.49. The molecule has 0 aliphatic carbocycles. The molecule has 1 rings (SSSR count). The molecule has 0 aliphatic rings. The van der Waals surface area contributed by atoms with Crippen molar-refractivity contribution in [3.05, 3.63) is 35.6 Å². The summed E-state index contributed by atoms with van der Waals surface area (Å²) in [5.41, 5.74) is 0.639. The van der Waals surface area contributed by atoms with Gasteiger partial charge in [0.1, 0.15) is 5.82 Å². The first-order valence-corrected chi connectivity index (χ1v) is 4.96. The van der Waals surface area contributed by atoms with Gasteiger partial charge in [-0.2, -0.15) is 0 Å². The van der Waals surface area contributed by atoms with Crippen molar-refractivity contribution in [3.63, 3.8) is 0 Å². The lowest BCUT2D eigenvalue weighted by Crippen LogP contribution is -2.37. The molecule has 15 heavy (non-hydrogen) atoms. The van der Waals surface area contributed by atoms with Crippen molar-refractivity contribution in [1.29, 1.82) is 0 Å². The fourth-order valence-electron chi connectivity index (χ4n) is 1.30. The second-order valence-corrected chi connectivity index (χ2v) is 3.36. The number of nitrogens with one attached hydrogen (secondary N) is 1. The molecule has 0 saturated carbocycles. The zero-order chi connectivity index (χ0) is 11.1. The first-order chi connectivity index (χ1) is 7.27. The third-order valence-electron chi connectivity index (χ3n) is 2.23. The minimum absolute atomic E-state index is 0.117. The van der Waals surface area contributed by atoms with Gasteiger partial charge in [-0.25, -0.2) is 4.39 Å². The Hall–Kier alpha value is -0.970. The highest BCUT2D eigenvalue weighted by molar-refractivity contribution is 5.17. The van der Waals surface area contributed by atoms with Crippen LogP contribution in [0, 0.1) is 5.82 Å². The monoisotopic (exact) mass is 213 g/mol. The molecule has 0 aliphatic heterocycles. The van der Waals surface area contributed by atoms with Crippen LogP contribution < -0.4 is 5.32 Å². The molecule has 0 saturated heterocycles. The van der Waals surface area contributed by atoms with Gasteiger partial charge in [-0.1, -0.05) is 18.2 Å². The summed E-state index contributed by atoms with van der Waals surface area (Å²) in [6.07, 6.45) is 0.545. The van der Waals surface area contributed by atoms with Gasteiger partial charge in [-0.05, 0) is 24.6 Å². The maximum atomic E-state index is 13.2. The molecule has 3 nitrogen and oxygen atoms in total. The van der Waals surface area contributed by atoms with E-state index in [0.29, 0.717) is 18.5 Å². The fourth-order valence-corrected chi connectivity index (χ4v) is 1.30. The Labute approximate surface area is 88.6 Å². The maximum Gasteiger partial charge on any atom is 0.126 e. The number of rotatable bonds is 6. The maximum absolute atomic E-state index is 13.2. The lowest BCUT2D eigenvalue weighted by Gasteiger charge is -2.13. The molecular formula is C11H16FNO2. The Morgan fingerprint density at radius 2 is 1.87 bits per heavy atom. The lowest BCUT2D eigenvalue weighted by molar-refractivity contribution is 0.171. The van der Waals surface area contributed by atoms with Crippen LogP contribution in [0.4, 0.5) is 4.39 Å². The average molecular weight is 213 g/mol. The molecule has 1 aromatic rings. The molecule has 0 bridgehead atoms. The van der Waals surface area contributed by atoms with Crippen LogP contribution in [-0.4, -0.2) is 36.0 Å². The predicted molar refractivity (Wildman–Crippen MR) is 56.1 cm³/mol. The van der Waals surface area contributed by atoms with Crippen LogP contribution in [-0.2, 0) is 6.42 Å². The normalized spacial score (nSPS) is 10.9. The fraction of sp³-hybridized carbons (Fsp3) is 0.455. The number of hydrogen-bond donors (Lipinski definition) is 3. The number of halogens is 1. The summed E-state index contributed by atoms with van der Waals surface area (Å²) in [5, 5.41) is 20.5. The summed E-state index contributed by atoms with van der Waals surface area (Å²) in [6.45, 7) is 0.300. The first-order valence-electron chi connectivity index (χ1n) is 4.96. The Morgan fingerprint density at radius 1 is 1.20 bits per heavy atom. The van der Waals surface area contributed by atoms with Crippen molar-refractivity contribution in [2.45, 2.75) is 12.5 Å². The summed E-state index contributed by atoms with van der Waals surface area (Å²) in [5.74, 6) is -0.219. The molecule has 0 radical (unpaired) electrons. The topological polar surface area (TPSA) is 52.5 Å². The summed E-state index contributed by atoms with van der Waals surface area (Å²) in [4.78, 5) is 0. The average Bonchev–Trinajstić information content (AvgIpc) is 2.27. The van der Waals surface area contributed by atoms with Crippen LogP contribution in [0.2, 0.25) is 0 Å². The van der Waals surface area contributed by atoms with Gasteiger partial charge in [0.25, 0.3) is 0 Å². The second-order valence-electron chi connectivity index (χ2n) is 3.36. The van der Waals surface area contributed by atoms with E-state index in [1.54, 1.807) is 18.2 Å². The largest absolute Gasteiger partial charge is 0.395 e. The number of aliphatic hydroxyl groups excluding tert-OH is 2. The van der Waals surface area contributed by atoms with Gasteiger partial charge >= 0.3 is 0 Å². The third kappa shape index (κ3) is 3.95. The Bertz CT molecular complexity index is 290. The van der Waals surface area contributed by atoms with Gasteiger partial charge in [-0.3, -0.25) is 0 Å². The summed E-state index contributed by atoms with van der Waals surface area (Å²) >= 11 is 0. The molecule has 4 heteroatoms. The highest BCUT2D eigenvalue weighted by Crippen LogP contribution is 2.06. The van der Waals surface area contributed by atoms with E-state index in [1.807, 2.05) is 0 Å². The Morgan fingerprint density at radius 3 is 2.47 bits per heavy atom. The molecule has 0 heterocycles. The van der Waals surface area contributed by atoms with Crippen LogP contribution in [0.3, 0.4) is 0 Å². The van der Waals surface area contributed by atoms with Crippen molar-refractivity contribution < 1.29 is 14.6 Å². The van der Waals surface area contributed by atoms with Gasteiger partial charge in [0.2, 0.25) is 0 Å². The van der Waals surface area contributed by atoms with Crippen molar-refractivity contribution in [2.24, 2.45) is 0 Å². The molecule has 0 amide bonds. The first kappa shape index (κ1) is 12.1. The molecule has 0 unspecified atom stereocenters. The second kappa shape index (κ2) is 6.50. The van der Waals surface area contributed by atoms with Gasteiger partial charge in [0.05, 0.1) is 19.3 Å². The predicted octanol–water partition coefficient (Wildman–Crippen LogP) is 0.311. The molecule has 0 spiro atoms. The van der Waals surface area contributed by atoms with E-state index in [9.17, 15) is 4.39 Å². The molecule has 84 valence electrons. The van der Waals surface area contributed by atoms with Crippen LogP contribution >= 0.6 is 0 Å². The van der Waals surface area contributed by atoms with Crippen LogP contribution in [0.15, 0.2) is 24.3 Å². The van der Waals surface area contributed by atoms with Gasteiger partial charge in [-0.15, -0.1) is 0 Å². The smallest absolute Gasteiger partial charge is 0.126 e. The third-order valence-corrected chi connectivity index (χ3v) is 2.23. The van der Waals surface area contributed by atoms with Gasteiger partial charge in [0, 0.05) is 0 Å². The summed E-state index contributed by atoms with van der Waals surface area (Å²) < 4.78 is 13.2. The van der Waals surface area contributed by atoms with Gasteiger partial charge < -0.3 is 15.5 Å². The quantitative estimate of drug-likeness (QED) is 0.637. The summed E-state index contributed by atoms with van der Waals surface area (Å²) in [6, 6.07) is 6.26. The van der Waals surface area contributed by atoms with E-state index in [1.165, 1.54) is 6.07 Å². The minimum Gasteiger partial charge on any atom is -0.395 e. The van der Waals surface area contributed by atoms with E-state index in [2.05, 4.69) is 5.32 Å². The molecule has 1 aromatic carbocycles. The van der Waals surface area contributed by atoms with E-state index >= 15 is 0 Å². The minimum atomic E-state index is -0.322. The van der Waals surface area contributed by atoms with E-state index in [4.69, 9.17) is 10.2 Å². The SMILES string of the molecule is OCC(CO)NCCc1ccccc1F. The van der Waals surface area contributed by atoms with Crippen LogP contribution in [0.1, 0.15) is 5.56 Å². The highest BCUT2D eigenvalue weighted by Gasteiger charge is 2.05. The highest BCUT2D eigenvalue weighted by atomic mass is 19.1. The van der Waals surface area contributed by atoms with Crippen molar-refractivity contribution in [1.82, 2.24) is 5.32 Å². The van der Waals surface area contributed by atoms with Crippen molar-refractivity contribution in [3.8, 4) is 0 Å². The molecular weight excluding hydrogens is 197 g/mol. The number of benzene rings is 1. The standard InChI is InChI=1S/C11H16FNO2/c12-11-4-2-1-3-9(11)5-6-13-10(7-14)8-15/h1-4,10,13-15H,5-8H2. The zero-order valence-corrected chi connectivity index (χ0v) is 8.49. The number of hydrogen-bond acceptors (Lipinski definition) is 3. The molecule has 3 N–H and O–H groups in total.